The van der Waals surface area contributed by atoms with Crippen LogP contribution in [0.1, 0.15) is 30.1 Å². The maximum absolute atomic E-state index is 11.9. The average Bonchev–Trinajstić information content (AvgIpc) is 2.48. The summed E-state index contributed by atoms with van der Waals surface area (Å²) >= 11 is 0. The van der Waals surface area contributed by atoms with Crippen LogP contribution in [0.3, 0.4) is 0 Å². The highest BCUT2D eigenvalue weighted by atomic mass is 16.1. The summed E-state index contributed by atoms with van der Waals surface area (Å²) in [4.78, 5) is 24.8. The normalized spacial score (nSPS) is 16.3. The van der Waals surface area contributed by atoms with Crippen molar-refractivity contribution in [2.45, 2.75) is 19.8 Å². The minimum atomic E-state index is -0.115. The second-order valence-corrected chi connectivity index (χ2v) is 6.00. The Morgan fingerprint density at radius 1 is 1.33 bits per heavy atom. The molecule has 0 radical (unpaired) electrons. The van der Waals surface area contributed by atoms with E-state index in [1.807, 2.05) is 19.0 Å². The lowest BCUT2D eigenvalue weighted by Gasteiger charge is -2.30. The van der Waals surface area contributed by atoms with Crippen LogP contribution in [0.25, 0.3) is 0 Å². The van der Waals surface area contributed by atoms with Crippen molar-refractivity contribution in [1.82, 2.24) is 20.2 Å². The maximum atomic E-state index is 11.9. The van der Waals surface area contributed by atoms with Gasteiger partial charge in [-0.05, 0) is 32.9 Å². The molecule has 1 N–H and O–H groups in total. The lowest BCUT2D eigenvalue weighted by molar-refractivity contribution is 0.0950. The van der Waals surface area contributed by atoms with Crippen LogP contribution in [0, 0.1) is 5.92 Å². The third kappa shape index (κ3) is 4.67. The van der Waals surface area contributed by atoms with E-state index in [9.17, 15) is 4.79 Å². The van der Waals surface area contributed by atoms with E-state index in [0.29, 0.717) is 12.1 Å². The number of piperidine rings is 1. The number of carbonyl (C=O) groups is 1. The van der Waals surface area contributed by atoms with Crippen LogP contribution in [0.15, 0.2) is 12.4 Å². The summed E-state index contributed by atoms with van der Waals surface area (Å²) in [6.07, 6.45) is 5.59. The van der Waals surface area contributed by atoms with Gasteiger partial charge in [-0.2, -0.15) is 0 Å². The fourth-order valence-electron chi connectivity index (χ4n) is 2.31. The van der Waals surface area contributed by atoms with Gasteiger partial charge in [-0.15, -0.1) is 0 Å². The molecule has 6 nitrogen and oxygen atoms in total. The summed E-state index contributed by atoms with van der Waals surface area (Å²) in [6.45, 7) is 5.71. The summed E-state index contributed by atoms with van der Waals surface area (Å²) < 4.78 is 0. The van der Waals surface area contributed by atoms with Crippen LogP contribution in [-0.4, -0.2) is 61.0 Å². The average molecular weight is 291 g/mol. The highest BCUT2D eigenvalue weighted by Gasteiger charge is 2.18. The lowest BCUT2D eigenvalue weighted by atomic mass is 10.00. The zero-order valence-corrected chi connectivity index (χ0v) is 13.2. The van der Waals surface area contributed by atoms with E-state index in [2.05, 4.69) is 27.1 Å². The molecule has 1 amide bonds. The van der Waals surface area contributed by atoms with Crippen LogP contribution in [0.4, 0.5) is 5.95 Å². The smallest absolute Gasteiger partial charge is 0.254 e. The number of likely N-dealkylation sites (N-methyl/N-ethyl adjacent to an activating group) is 1. The van der Waals surface area contributed by atoms with Crippen LogP contribution >= 0.6 is 0 Å². The number of amides is 1. The van der Waals surface area contributed by atoms with Crippen molar-refractivity contribution in [1.29, 1.82) is 0 Å². The Hall–Kier alpha value is -1.69. The number of rotatable bonds is 5. The fourth-order valence-corrected chi connectivity index (χ4v) is 2.31. The van der Waals surface area contributed by atoms with Crippen molar-refractivity contribution < 1.29 is 4.79 Å². The number of aromatic nitrogens is 2. The van der Waals surface area contributed by atoms with Gasteiger partial charge in [0.15, 0.2) is 0 Å². The van der Waals surface area contributed by atoms with Gasteiger partial charge < -0.3 is 15.1 Å². The quantitative estimate of drug-likeness (QED) is 0.877. The molecular weight excluding hydrogens is 266 g/mol. The molecule has 2 rings (SSSR count). The highest BCUT2D eigenvalue weighted by Crippen LogP contribution is 2.19. The van der Waals surface area contributed by atoms with Gasteiger partial charge in [-0.3, -0.25) is 4.79 Å². The van der Waals surface area contributed by atoms with Crippen LogP contribution in [-0.2, 0) is 0 Å². The lowest BCUT2D eigenvalue weighted by Crippen LogP contribution is -2.34. The predicted molar refractivity (Wildman–Crippen MR) is 83.5 cm³/mol. The first-order valence-corrected chi connectivity index (χ1v) is 7.56. The van der Waals surface area contributed by atoms with E-state index in [0.717, 1.165) is 31.5 Å². The summed E-state index contributed by atoms with van der Waals surface area (Å²) in [5, 5.41) is 2.86. The largest absolute Gasteiger partial charge is 0.351 e. The van der Waals surface area contributed by atoms with Crippen molar-refractivity contribution >= 4 is 11.9 Å². The SMILES string of the molecule is CC1CCN(c2ncc(C(=O)NCCN(C)C)cn2)CC1. The van der Waals surface area contributed by atoms with Gasteiger partial charge in [0.05, 0.1) is 5.56 Å². The highest BCUT2D eigenvalue weighted by molar-refractivity contribution is 5.93. The number of nitrogens with zero attached hydrogens (tertiary/aromatic N) is 4. The Bertz CT molecular complexity index is 452. The molecule has 1 aromatic rings. The van der Waals surface area contributed by atoms with Crippen molar-refractivity contribution in [3.05, 3.63) is 18.0 Å². The van der Waals surface area contributed by atoms with Crippen molar-refractivity contribution in [3.63, 3.8) is 0 Å². The third-order valence-corrected chi connectivity index (χ3v) is 3.81. The van der Waals surface area contributed by atoms with E-state index in [1.165, 1.54) is 12.8 Å². The van der Waals surface area contributed by atoms with Crippen LogP contribution in [0.2, 0.25) is 0 Å². The van der Waals surface area contributed by atoms with Gasteiger partial charge in [-0.25, -0.2) is 9.97 Å². The Kier molecular flexibility index (Phi) is 5.50. The standard InChI is InChI=1S/C15H25N5O/c1-12-4-7-20(8-5-12)15-17-10-13(11-18-15)14(21)16-6-9-19(2)3/h10-12H,4-9H2,1-3H3,(H,16,21). The second-order valence-electron chi connectivity index (χ2n) is 6.00. The van der Waals surface area contributed by atoms with Crippen molar-refractivity contribution in [3.8, 4) is 0 Å². The molecule has 0 spiro atoms. The first-order chi connectivity index (χ1) is 10.1. The van der Waals surface area contributed by atoms with Crippen LogP contribution in [0.5, 0.6) is 0 Å². The minimum absolute atomic E-state index is 0.115. The number of hydrogen-bond donors (Lipinski definition) is 1. The predicted octanol–water partition coefficient (Wildman–Crippen LogP) is 1.00. The molecule has 0 aromatic carbocycles. The van der Waals surface area contributed by atoms with Gasteiger partial charge >= 0.3 is 0 Å². The van der Waals surface area contributed by atoms with E-state index in [1.54, 1.807) is 12.4 Å². The topological polar surface area (TPSA) is 61.4 Å². The Morgan fingerprint density at radius 2 is 1.95 bits per heavy atom. The maximum Gasteiger partial charge on any atom is 0.254 e. The number of anilines is 1. The van der Waals surface area contributed by atoms with E-state index >= 15 is 0 Å². The van der Waals surface area contributed by atoms with Crippen molar-refractivity contribution in [2.75, 3.05) is 45.2 Å². The van der Waals surface area contributed by atoms with Gasteiger partial charge in [0.25, 0.3) is 5.91 Å². The molecule has 1 aromatic heterocycles. The van der Waals surface area contributed by atoms with Gasteiger partial charge in [0.2, 0.25) is 5.95 Å². The number of nitrogens with one attached hydrogen (secondary N) is 1. The molecular formula is C15H25N5O. The molecule has 1 saturated heterocycles. The van der Waals surface area contributed by atoms with Gasteiger partial charge in [0, 0.05) is 38.6 Å². The molecule has 0 aliphatic carbocycles. The van der Waals surface area contributed by atoms with Crippen LogP contribution < -0.4 is 10.2 Å². The fraction of sp³-hybridized carbons (Fsp3) is 0.667. The molecule has 6 heteroatoms. The molecule has 2 heterocycles. The zero-order valence-electron chi connectivity index (χ0n) is 13.2. The molecule has 1 aliphatic rings. The minimum Gasteiger partial charge on any atom is -0.351 e. The molecule has 116 valence electrons. The Balaban J connectivity index is 1.88. The monoisotopic (exact) mass is 291 g/mol. The van der Waals surface area contributed by atoms with E-state index in [-0.39, 0.29) is 5.91 Å². The Labute approximate surface area is 126 Å². The molecule has 21 heavy (non-hydrogen) atoms. The summed E-state index contributed by atoms with van der Waals surface area (Å²) in [5.74, 6) is 1.39. The Morgan fingerprint density at radius 3 is 2.52 bits per heavy atom. The summed E-state index contributed by atoms with van der Waals surface area (Å²) in [7, 11) is 3.95. The number of carbonyl (C=O) groups excluding carboxylic acids is 1. The van der Waals surface area contributed by atoms with Gasteiger partial charge in [0.1, 0.15) is 0 Å². The summed E-state index contributed by atoms with van der Waals surface area (Å²) in [5.41, 5.74) is 0.517. The first kappa shape index (κ1) is 15.7. The molecule has 0 atom stereocenters. The van der Waals surface area contributed by atoms with Gasteiger partial charge in [-0.1, -0.05) is 6.92 Å². The molecule has 0 saturated carbocycles. The molecule has 0 unspecified atom stereocenters. The second kappa shape index (κ2) is 7.36. The van der Waals surface area contributed by atoms with E-state index in [4.69, 9.17) is 0 Å². The molecule has 1 fully saturated rings. The summed E-state index contributed by atoms with van der Waals surface area (Å²) in [6, 6.07) is 0. The van der Waals surface area contributed by atoms with E-state index < -0.39 is 0 Å². The zero-order chi connectivity index (χ0) is 15.2. The molecule has 1 aliphatic heterocycles. The first-order valence-electron chi connectivity index (χ1n) is 7.56. The molecule has 0 bridgehead atoms. The van der Waals surface area contributed by atoms with Crippen molar-refractivity contribution in [2.24, 2.45) is 5.92 Å². The number of hydrogen-bond acceptors (Lipinski definition) is 5. The third-order valence-electron chi connectivity index (χ3n) is 3.81.